The quantitative estimate of drug-likeness (QED) is 0.756. The van der Waals surface area contributed by atoms with Gasteiger partial charge in [-0.05, 0) is 19.1 Å². The number of ether oxygens (including phenoxy) is 2. The smallest absolute Gasteiger partial charge is 0.340 e. The van der Waals surface area contributed by atoms with Crippen molar-refractivity contribution in [3.05, 3.63) is 17.8 Å². The summed E-state index contributed by atoms with van der Waals surface area (Å²) in [4.78, 5) is 3.86. The third kappa shape index (κ3) is 3.47. The Bertz CT molecular complexity index is 385. The van der Waals surface area contributed by atoms with Crippen molar-refractivity contribution in [2.75, 3.05) is 13.7 Å². The molecule has 0 aromatic carbocycles. The van der Waals surface area contributed by atoms with Gasteiger partial charge in [-0.15, -0.1) is 0 Å². The Balaban J connectivity index is 2.76. The zero-order chi connectivity index (χ0) is 13.1. The molecule has 0 spiro atoms. The van der Waals surface area contributed by atoms with Crippen LogP contribution in [0.2, 0.25) is 0 Å². The summed E-state index contributed by atoms with van der Waals surface area (Å²) in [6.45, 7) is 0.242. The standard InChI is InChI=1S/C10H11F4NO2/c1-6-3-4-7(8(15-6)16-2)17-5-10(13,14)9(11)12/h3-4,9H,5H2,1-2H3. The maximum absolute atomic E-state index is 12.6. The third-order valence-electron chi connectivity index (χ3n) is 1.90. The molecule has 1 rings (SSSR count). The van der Waals surface area contributed by atoms with Gasteiger partial charge in [0.15, 0.2) is 12.4 Å². The third-order valence-corrected chi connectivity index (χ3v) is 1.90. The van der Waals surface area contributed by atoms with E-state index in [2.05, 4.69) is 9.72 Å². The SMILES string of the molecule is COc1nc(C)ccc1OCC(F)(F)C(F)F. The van der Waals surface area contributed by atoms with Crippen LogP contribution in [0.5, 0.6) is 11.6 Å². The predicted octanol–water partition coefficient (Wildman–Crippen LogP) is 2.68. The first-order valence-corrected chi connectivity index (χ1v) is 4.67. The second-order valence-corrected chi connectivity index (χ2v) is 3.31. The van der Waals surface area contributed by atoms with Gasteiger partial charge in [0.2, 0.25) is 0 Å². The first-order chi connectivity index (χ1) is 7.86. The average molecular weight is 253 g/mol. The highest BCUT2D eigenvalue weighted by Gasteiger charge is 2.41. The van der Waals surface area contributed by atoms with Gasteiger partial charge in [0.05, 0.1) is 7.11 Å². The minimum absolute atomic E-state index is 0.0185. The van der Waals surface area contributed by atoms with Crippen molar-refractivity contribution in [1.82, 2.24) is 4.98 Å². The van der Waals surface area contributed by atoms with E-state index >= 15 is 0 Å². The maximum atomic E-state index is 12.6. The van der Waals surface area contributed by atoms with E-state index in [-0.39, 0.29) is 11.6 Å². The molecule has 1 aromatic heterocycles. The summed E-state index contributed by atoms with van der Waals surface area (Å²) in [6.07, 6.45) is -3.77. The Morgan fingerprint density at radius 1 is 1.35 bits per heavy atom. The van der Waals surface area contributed by atoms with Gasteiger partial charge in [-0.1, -0.05) is 0 Å². The fourth-order valence-corrected chi connectivity index (χ4v) is 1.01. The normalized spacial score (nSPS) is 11.7. The zero-order valence-corrected chi connectivity index (χ0v) is 9.21. The second-order valence-electron chi connectivity index (χ2n) is 3.31. The van der Waals surface area contributed by atoms with Crippen molar-refractivity contribution in [2.24, 2.45) is 0 Å². The molecule has 0 N–H and O–H groups in total. The molecule has 1 aromatic rings. The molecule has 0 aliphatic carbocycles. The Morgan fingerprint density at radius 3 is 2.53 bits per heavy atom. The molecular formula is C10H11F4NO2. The molecule has 0 amide bonds. The van der Waals surface area contributed by atoms with Gasteiger partial charge >= 0.3 is 12.3 Å². The van der Waals surface area contributed by atoms with Crippen LogP contribution in [0.25, 0.3) is 0 Å². The number of halogens is 4. The van der Waals surface area contributed by atoms with E-state index in [4.69, 9.17) is 4.74 Å². The molecule has 0 unspecified atom stereocenters. The molecule has 3 nitrogen and oxygen atoms in total. The summed E-state index contributed by atoms with van der Waals surface area (Å²) in [5.74, 6) is -4.32. The lowest BCUT2D eigenvalue weighted by atomic mass is 10.3. The van der Waals surface area contributed by atoms with Crippen LogP contribution < -0.4 is 9.47 Å². The van der Waals surface area contributed by atoms with Crippen molar-refractivity contribution >= 4 is 0 Å². The molecule has 0 radical (unpaired) electrons. The van der Waals surface area contributed by atoms with Crippen LogP contribution in [0.1, 0.15) is 5.69 Å². The maximum Gasteiger partial charge on any atom is 0.340 e. The Hall–Kier alpha value is -1.53. The molecule has 0 saturated heterocycles. The van der Waals surface area contributed by atoms with Crippen molar-refractivity contribution < 1.29 is 27.0 Å². The second kappa shape index (κ2) is 5.20. The van der Waals surface area contributed by atoms with E-state index < -0.39 is 19.0 Å². The number of pyridine rings is 1. The monoisotopic (exact) mass is 253 g/mol. The van der Waals surface area contributed by atoms with Crippen LogP contribution in [0.4, 0.5) is 17.6 Å². The van der Waals surface area contributed by atoms with Gasteiger partial charge in [0, 0.05) is 5.69 Å². The van der Waals surface area contributed by atoms with E-state index in [0.29, 0.717) is 5.69 Å². The Morgan fingerprint density at radius 2 is 2.00 bits per heavy atom. The van der Waals surface area contributed by atoms with Gasteiger partial charge in [0.25, 0.3) is 5.88 Å². The summed E-state index contributed by atoms with van der Waals surface area (Å²) in [5.41, 5.74) is 0.592. The molecule has 17 heavy (non-hydrogen) atoms. The van der Waals surface area contributed by atoms with Crippen LogP contribution in [0.15, 0.2) is 12.1 Å². The highest BCUT2D eigenvalue weighted by Crippen LogP contribution is 2.28. The molecule has 0 aliphatic heterocycles. The lowest BCUT2D eigenvalue weighted by molar-refractivity contribution is -0.148. The number of hydrogen-bond acceptors (Lipinski definition) is 3. The van der Waals surface area contributed by atoms with Gasteiger partial charge in [0.1, 0.15) is 0 Å². The predicted molar refractivity (Wildman–Crippen MR) is 52.0 cm³/mol. The van der Waals surface area contributed by atoms with Crippen LogP contribution in [-0.2, 0) is 0 Å². The minimum Gasteiger partial charge on any atom is -0.481 e. The number of hydrogen-bond donors (Lipinski definition) is 0. The molecule has 7 heteroatoms. The van der Waals surface area contributed by atoms with Crippen LogP contribution in [0.3, 0.4) is 0 Å². The summed E-state index contributed by atoms with van der Waals surface area (Å²) in [5, 5.41) is 0. The Kier molecular flexibility index (Phi) is 4.14. The van der Waals surface area contributed by atoms with E-state index in [0.717, 1.165) is 0 Å². The molecular weight excluding hydrogens is 242 g/mol. The number of alkyl halides is 4. The van der Waals surface area contributed by atoms with Gasteiger partial charge < -0.3 is 9.47 Å². The lowest BCUT2D eigenvalue weighted by Crippen LogP contribution is -2.33. The van der Waals surface area contributed by atoms with E-state index in [1.165, 1.54) is 19.2 Å². The summed E-state index contributed by atoms with van der Waals surface area (Å²) in [6, 6.07) is 2.83. The highest BCUT2D eigenvalue weighted by molar-refractivity contribution is 5.34. The van der Waals surface area contributed by atoms with Crippen LogP contribution >= 0.6 is 0 Å². The molecule has 0 fully saturated rings. The van der Waals surface area contributed by atoms with Crippen molar-refractivity contribution in [2.45, 2.75) is 19.3 Å². The fraction of sp³-hybridized carbons (Fsp3) is 0.500. The molecule has 1 heterocycles. The molecule has 0 aliphatic rings. The van der Waals surface area contributed by atoms with Gasteiger partial charge in [-0.2, -0.15) is 8.78 Å². The largest absolute Gasteiger partial charge is 0.481 e. The number of rotatable bonds is 5. The van der Waals surface area contributed by atoms with Crippen molar-refractivity contribution in [3.8, 4) is 11.6 Å². The zero-order valence-electron chi connectivity index (χ0n) is 9.21. The number of nitrogens with zero attached hydrogens (tertiary/aromatic N) is 1. The van der Waals surface area contributed by atoms with Crippen molar-refractivity contribution in [1.29, 1.82) is 0 Å². The number of aromatic nitrogens is 1. The highest BCUT2D eigenvalue weighted by atomic mass is 19.3. The van der Waals surface area contributed by atoms with Gasteiger partial charge in [-0.25, -0.2) is 13.8 Å². The minimum atomic E-state index is -4.20. The van der Waals surface area contributed by atoms with Crippen LogP contribution in [0, 0.1) is 6.92 Å². The Labute approximate surface area is 95.4 Å². The van der Waals surface area contributed by atoms with Gasteiger partial charge in [-0.3, -0.25) is 0 Å². The first kappa shape index (κ1) is 13.5. The molecule has 0 bridgehead atoms. The summed E-state index contributed by atoms with van der Waals surface area (Å²) >= 11 is 0. The summed E-state index contributed by atoms with van der Waals surface area (Å²) < 4.78 is 58.4. The van der Waals surface area contributed by atoms with E-state index in [9.17, 15) is 17.6 Å². The topological polar surface area (TPSA) is 31.4 Å². The van der Waals surface area contributed by atoms with Crippen molar-refractivity contribution in [3.63, 3.8) is 0 Å². The molecule has 0 saturated carbocycles. The molecule has 0 atom stereocenters. The number of aryl methyl sites for hydroxylation is 1. The fourth-order valence-electron chi connectivity index (χ4n) is 1.01. The molecule has 96 valence electrons. The van der Waals surface area contributed by atoms with E-state index in [1.807, 2.05) is 0 Å². The van der Waals surface area contributed by atoms with E-state index in [1.54, 1.807) is 6.92 Å². The number of methoxy groups -OCH3 is 1. The summed E-state index contributed by atoms with van der Waals surface area (Å²) in [7, 11) is 1.28. The van der Waals surface area contributed by atoms with Crippen LogP contribution in [-0.4, -0.2) is 31.0 Å². The first-order valence-electron chi connectivity index (χ1n) is 4.67. The lowest BCUT2D eigenvalue weighted by Gasteiger charge is -2.16. The average Bonchev–Trinajstić information content (AvgIpc) is 2.27.